The van der Waals surface area contributed by atoms with Gasteiger partial charge in [-0.15, -0.1) is 0 Å². The van der Waals surface area contributed by atoms with Gasteiger partial charge in [-0.1, -0.05) is 5.16 Å². The Morgan fingerprint density at radius 1 is 1.04 bits per heavy atom. The van der Waals surface area contributed by atoms with E-state index in [-0.39, 0.29) is 5.69 Å². The molecule has 0 bridgehead atoms. The normalized spacial score (nSPS) is 21.0. The Kier molecular flexibility index (Phi) is 4.02. The fourth-order valence-electron chi connectivity index (χ4n) is 3.26. The zero-order valence-electron chi connectivity index (χ0n) is 14.5. The van der Waals surface area contributed by atoms with Crippen molar-refractivity contribution in [1.82, 2.24) is 0 Å². The highest BCUT2D eigenvalue weighted by molar-refractivity contribution is 6.32. The fourth-order valence-corrected chi connectivity index (χ4v) is 3.26. The molecule has 2 amide bonds. The Hall–Kier alpha value is -3.42. The molecular formula is C19H15FN2O5. The average molecular weight is 370 g/mol. The van der Waals surface area contributed by atoms with Crippen LogP contribution in [0.1, 0.15) is 5.56 Å². The van der Waals surface area contributed by atoms with Crippen LogP contribution in [0.2, 0.25) is 0 Å². The molecule has 2 aliphatic rings. The maximum absolute atomic E-state index is 13.2. The van der Waals surface area contributed by atoms with Gasteiger partial charge in [0, 0.05) is 5.56 Å². The van der Waals surface area contributed by atoms with Gasteiger partial charge in [0.15, 0.2) is 0 Å². The van der Waals surface area contributed by atoms with Crippen molar-refractivity contribution in [3.8, 4) is 11.5 Å². The third-order valence-electron chi connectivity index (χ3n) is 4.58. The minimum atomic E-state index is -1.06. The van der Waals surface area contributed by atoms with E-state index < -0.39 is 29.7 Å². The number of carbonyl (C=O) groups excluding carboxylic acids is 2. The second-order valence-electron chi connectivity index (χ2n) is 6.03. The lowest BCUT2D eigenvalue weighted by atomic mass is 9.93. The first-order chi connectivity index (χ1) is 13.0. The first kappa shape index (κ1) is 17.0. The molecule has 2 aromatic carbocycles. The molecule has 0 radical (unpaired) electrons. The number of imide groups is 1. The van der Waals surface area contributed by atoms with Crippen molar-refractivity contribution in [2.45, 2.75) is 6.10 Å². The van der Waals surface area contributed by atoms with Gasteiger partial charge < -0.3 is 14.3 Å². The summed E-state index contributed by atoms with van der Waals surface area (Å²) >= 11 is 0. The van der Waals surface area contributed by atoms with Gasteiger partial charge in [0.2, 0.25) is 12.0 Å². The van der Waals surface area contributed by atoms with Gasteiger partial charge in [-0.2, -0.15) is 0 Å². The minimum absolute atomic E-state index is 0.279. The van der Waals surface area contributed by atoms with Crippen molar-refractivity contribution in [2.75, 3.05) is 19.1 Å². The monoisotopic (exact) mass is 370 g/mol. The van der Waals surface area contributed by atoms with E-state index in [1.54, 1.807) is 18.2 Å². The molecule has 138 valence electrons. The molecule has 27 heavy (non-hydrogen) atoms. The van der Waals surface area contributed by atoms with Crippen molar-refractivity contribution in [1.29, 1.82) is 0 Å². The number of hydrogen-bond donors (Lipinski definition) is 0. The zero-order chi connectivity index (χ0) is 19.1. The first-order valence-corrected chi connectivity index (χ1v) is 8.14. The Morgan fingerprint density at radius 3 is 2.44 bits per heavy atom. The van der Waals surface area contributed by atoms with Crippen LogP contribution >= 0.6 is 0 Å². The number of carbonyl (C=O) groups is 2. The molecule has 0 unspecified atom stereocenters. The maximum Gasteiger partial charge on any atom is 0.278 e. The van der Waals surface area contributed by atoms with Crippen molar-refractivity contribution < 1.29 is 28.3 Å². The lowest BCUT2D eigenvalue weighted by molar-refractivity contribution is -0.126. The predicted octanol–water partition coefficient (Wildman–Crippen LogP) is 2.14. The summed E-state index contributed by atoms with van der Waals surface area (Å²) in [5.41, 5.74) is 1.08. The highest BCUT2D eigenvalue weighted by Gasteiger charge is 2.56. The Bertz CT molecular complexity index is 957. The number of anilines is 1. The lowest BCUT2D eigenvalue weighted by Crippen LogP contribution is -2.33. The number of halogens is 1. The zero-order valence-corrected chi connectivity index (χ0v) is 14.5. The van der Waals surface area contributed by atoms with Crippen LogP contribution in [0.3, 0.4) is 0 Å². The molecule has 0 saturated carbocycles. The number of methoxy groups -OCH3 is 2. The molecule has 0 spiro atoms. The standard InChI is InChI=1S/C19H15FN2O5/c1-25-12-7-8-14(26-2)13(9-12)16-15-17(27-21-16)19(24)22(18(15)23)11-5-3-10(20)4-6-11/h3-9,15,17H,1-2H3/t15-,17+/m1/s1. The molecule has 8 heteroatoms. The minimum Gasteiger partial charge on any atom is -0.497 e. The molecule has 0 aliphatic carbocycles. The number of rotatable bonds is 4. The number of oxime groups is 1. The molecule has 0 aromatic heterocycles. The average Bonchev–Trinajstić information content (AvgIpc) is 3.22. The Balaban J connectivity index is 1.73. The summed E-state index contributed by atoms with van der Waals surface area (Å²) in [6.07, 6.45) is -1.06. The highest BCUT2D eigenvalue weighted by Crippen LogP contribution is 2.38. The second-order valence-corrected chi connectivity index (χ2v) is 6.03. The van der Waals surface area contributed by atoms with E-state index >= 15 is 0 Å². The van der Waals surface area contributed by atoms with Crippen LogP contribution < -0.4 is 14.4 Å². The molecule has 2 atom stereocenters. The number of hydrogen-bond acceptors (Lipinski definition) is 6. The molecule has 4 rings (SSSR count). The van der Waals surface area contributed by atoms with Crippen LogP contribution in [0.15, 0.2) is 47.6 Å². The molecule has 0 N–H and O–H groups in total. The third kappa shape index (κ3) is 2.61. The SMILES string of the molecule is COc1ccc(OC)c(C2=NO[C@@H]3C(=O)N(c4ccc(F)cc4)C(=O)[C@H]23)c1. The van der Waals surface area contributed by atoms with Gasteiger partial charge in [-0.05, 0) is 42.5 Å². The smallest absolute Gasteiger partial charge is 0.278 e. The van der Waals surface area contributed by atoms with Gasteiger partial charge in [0.25, 0.3) is 5.91 Å². The number of benzene rings is 2. The van der Waals surface area contributed by atoms with Crippen LogP contribution in [0, 0.1) is 11.7 Å². The molecule has 2 aromatic rings. The number of fused-ring (bicyclic) bond motifs is 1. The maximum atomic E-state index is 13.2. The van der Waals surface area contributed by atoms with E-state index in [1.165, 1.54) is 38.5 Å². The topological polar surface area (TPSA) is 77.4 Å². The van der Waals surface area contributed by atoms with E-state index in [2.05, 4.69) is 5.16 Å². The number of ether oxygens (including phenoxy) is 2. The molecule has 2 aliphatic heterocycles. The van der Waals surface area contributed by atoms with Gasteiger partial charge in [0.1, 0.15) is 28.9 Å². The summed E-state index contributed by atoms with van der Waals surface area (Å²) < 4.78 is 23.8. The number of amides is 2. The molecule has 2 heterocycles. The van der Waals surface area contributed by atoms with Crippen molar-refractivity contribution in [3.05, 3.63) is 53.8 Å². The van der Waals surface area contributed by atoms with Crippen LogP contribution in [0.25, 0.3) is 0 Å². The molecule has 7 nitrogen and oxygen atoms in total. The quantitative estimate of drug-likeness (QED) is 0.771. The molecule has 1 saturated heterocycles. The van der Waals surface area contributed by atoms with Crippen molar-refractivity contribution in [2.24, 2.45) is 11.1 Å². The van der Waals surface area contributed by atoms with Gasteiger partial charge in [0.05, 0.1) is 19.9 Å². The second kappa shape index (κ2) is 6.39. The van der Waals surface area contributed by atoms with Gasteiger partial charge in [-0.3, -0.25) is 9.59 Å². The summed E-state index contributed by atoms with van der Waals surface area (Å²) in [5.74, 6) is -1.39. The number of nitrogens with zero attached hydrogens (tertiary/aromatic N) is 2. The van der Waals surface area contributed by atoms with Crippen LogP contribution in [-0.4, -0.2) is 37.8 Å². The Labute approximate surface area is 153 Å². The summed E-state index contributed by atoms with van der Waals surface area (Å²) in [4.78, 5) is 32.0. The first-order valence-electron chi connectivity index (χ1n) is 8.14. The lowest BCUT2D eigenvalue weighted by Gasteiger charge is -2.16. The fraction of sp³-hybridized carbons (Fsp3) is 0.211. The summed E-state index contributed by atoms with van der Waals surface area (Å²) in [5, 5.41) is 3.97. The van der Waals surface area contributed by atoms with Gasteiger partial charge in [-0.25, -0.2) is 9.29 Å². The van der Waals surface area contributed by atoms with E-state index in [9.17, 15) is 14.0 Å². The van der Waals surface area contributed by atoms with Crippen LogP contribution in [-0.2, 0) is 14.4 Å². The molecular weight excluding hydrogens is 355 g/mol. The van der Waals surface area contributed by atoms with Gasteiger partial charge >= 0.3 is 0 Å². The highest BCUT2D eigenvalue weighted by atomic mass is 19.1. The van der Waals surface area contributed by atoms with E-state index in [4.69, 9.17) is 14.3 Å². The molecule has 1 fully saturated rings. The predicted molar refractivity (Wildman–Crippen MR) is 93.3 cm³/mol. The van der Waals surface area contributed by atoms with Crippen LogP contribution in [0.4, 0.5) is 10.1 Å². The van der Waals surface area contributed by atoms with E-state index in [1.807, 2.05) is 0 Å². The third-order valence-corrected chi connectivity index (χ3v) is 4.58. The largest absolute Gasteiger partial charge is 0.497 e. The van der Waals surface area contributed by atoms with E-state index in [0.717, 1.165) is 4.90 Å². The Morgan fingerprint density at radius 2 is 1.78 bits per heavy atom. The summed E-state index contributed by atoms with van der Waals surface area (Å²) in [7, 11) is 3.01. The summed E-state index contributed by atoms with van der Waals surface area (Å²) in [6, 6.07) is 10.2. The van der Waals surface area contributed by atoms with Crippen LogP contribution in [0.5, 0.6) is 11.5 Å². The van der Waals surface area contributed by atoms with Crippen molar-refractivity contribution in [3.63, 3.8) is 0 Å². The van der Waals surface area contributed by atoms with E-state index in [0.29, 0.717) is 22.8 Å². The summed E-state index contributed by atoms with van der Waals surface area (Å²) in [6.45, 7) is 0. The van der Waals surface area contributed by atoms with Crippen molar-refractivity contribution >= 4 is 23.2 Å².